The minimum Gasteiger partial charge on any atom is -0.460 e. The Balaban J connectivity index is 1.58. The van der Waals surface area contributed by atoms with E-state index in [2.05, 4.69) is 31.4 Å². The Morgan fingerprint density at radius 2 is 2.03 bits per heavy atom. The maximum atomic E-state index is 14.9. The number of hydrogen-bond acceptors (Lipinski definition) is 5. The molecule has 36 heavy (non-hydrogen) atoms. The number of halogens is 2. The Kier molecular flexibility index (Phi) is 5.07. The number of cyclic esters (lactones) is 1. The van der Waals surface area contributed by atoms with E-state index in [0.717, 1.165) is 45.7 Å². The Hall–Kier alpha value is -2.64. The zero-order valence-corrected chi connectivity index (χ0v) is 22.0. The van der Waals surface area contributed by atoms with Crippen LogP contribution in [0.3, 0.4) is 0 Å². The number of rotatable bonds is 2. The smallest absolute Gasteiger partial charge is 0.316 e. The number of hydrogen-bond donors (Lipinski definition) is 2. The van der Waals surface area contributed by atoms with Crippen LogP contribution in [-0.4, -0.2) is 28.2 Å². The van der Waals surface area contributed by atoms with E-state index in [1.807, 2.05) is 19.9 Å². The molecule has 0 bridgehead atoms. The maximum Gasteiger partial charge on any atom is 0.316 e. The Labute approximate surface area is 214 Å². The highest BCUT2D eigenvalue weighted by atomic mass is 35.5. The summed E-state index contributed by atoms with van der Waals surface area (Å²) in [5, 5.41) is 7.48. The summed E-state index contributed by atoms with van der Waals surface area (Å²) < 4.78 is 22.1. The van der Waals surface area contributed by atoms with Gasteiger partial charge in [-0.2, -0.15) is 0 Å². The van der Waals surface area contributed by atoms with Crippen LogP contribution in [0.15, 0.2) is 50.1 Å². The van der Waals surface area contributed by atoms with Crippen molar-refractivity contribution in [2.24, 2.45) is 0 Å². The van der Waals surface area contributed by atoms with Gasteiger partial charge >= 0.3 is 5.97 Å². The first-order chi connectivity index (χ1) is 16.9. The van der Waals surface area contributed by atoms with Crippen molar-refractivity contribution < 1.29 is 13.9 Å². The summed E-state index contributed by atoms with van der Waals surface area (Å²) in [6.45, 7) is 10.6. The number of aromatic nitrogens is 1. The van der Waals surface area contributed by atoms with Crippen LogP contribution >= 0.6 is 11.6 Å². The molecule has 0 saturated carbocycles. The fourth-order valence-electron chi connectivity index (χ4n) is 6.46. The molecule has 1 aromatic heterocycles. The molecule has 190 valence electrons. The molecule has 1 aromatic rings. The summed E-state index contributed by atoms with van der Waals surface area (Å²) in [5.74, 6) is -0.722. The van der Waals surface area contributed by atoms with E-state index >= 15 is 0 Å². The van der Waals surface area contributed by atoms with Gasteiger partial charge in [0.15, 0.2) is 0 Å². The summed E-state index contributed by atoms with van der Waals surface area (Å²) in [5.41, 5.74) is 5.71. The SMILES string of the molecule is CC[C@@]1(C)C(=O)OCc2c1cc1n(c2=O)CC2=C1NC1C=C(F)C(Cl)=C3CCC(NC(C)(C)C)C2=C31. The van der Waals surface area contributed by atoms with Crippen LogP contribution in [0.2, 0.25) is 0 Å². The quantitative estimate of drug-likeness (QED) is 0.573. The number of nitrogens with one attached hydrogen (secondary N) is 2. The van der Waals surface area contributed by atoms with Crippen molar-refractivity contribution >= 4 is 23.3 Å². The van der Waals surface area contributed by atoms with E-state index in [4.69, 9.17) is 16.3 Å². The molecule has 8 heteroatoms. The minimum absolute atomic E-state index is 0.0117. The highest BCUT2D eigenvalue weighted by Gasteiger charge is 2.46. The first kappa shape index (κ1) is 23.7. The van der Waals surface area contributed by atoms with Gasteiger partial charge in [-0.15, -0.1) is 0 Å². The van der Waals surface area contributed by atoms with Crippen molar-refractivity contribution in [3.8, 4) is 0 Å². The first-order valence-electron chi connectivity index (χ1n) is 12.7. The monoisotopic (exact) mass is 511 g/mol. The van der Waals surface area contributed by atoms with Crippen LogP contribution in [0.1, 0.15) is 70.7 Å². The summed E-state index contributed by atoms with van der Waals surface area (Å²) in [6, 6.07) is 1.65. The van der Waals surface area contributed by atoms with Gasteiger partial charge in [0.1, 0.15) is 12.4 Å². The van der Waals surface area contributed by atoms with Crippen molar-refractivity contribution in [2.45, 2.75) is 90.1 Å². The van der Waals surface area contributed by atoms with E-state index in [9.17, 15) is 14.0 Å². The van der Waals surface area contributed by atoms with Gasteiger partial charge < -0.3 is 19.9 Å². The molecular weight excluding hydrogens is 481 g/mol. The molecule has 0 aromatic carbocycles. The van der Waals surface area contributed by atoms with E-state index in [1.165, 1.54) is 6.08 Å². The van der Waals surface area contributed by atoms with Crippen molar-refractivity contribution in [3.05, 3.63) is 72.5 Å². The molecule has 0 saturated heterocycles. The molecular formula is C28H31ClFN3O3. The zero-order chi connectivity index (χ0) is 25.7. The van der Waals surface area contributed by atoms with Gasteiger partial charge in [0.05, 0.1) is 40.0 Å². The molecule has 3 atom stereocenters. The number of dihydropyridines is 1. The fraction of sp³-hybridized carbons (Fsp3) is 0.500. The molecule has 0 amide bonds. The summed E-state index contributed by atoms with van der Waals surface area (Å²) in [6.07, 6.45) is 3.54. The number of carbonyl (C=O) groups is 1. The van der Waals surface area contributed by atoms with Crippen LogP contribution in [0, 0.1) is 0 Å². The number of allylic oxidation sites excluding steroid dienone is 2. The Bertz CT molecular complexity index is 1420. The van der Waals surface area contributed by atoms with Crippen molar-refractivity contribution in [1.29, 1.82) is 0 Å². The summed E-state index contributed by atoms with van der Waals surface area (Å²) in [7, 11) is 0. The lowest BCUT2D eigenvalue weighted by atomic mass is 9.73. The highest BCUT2D eigenvalue weighted by molar-refractivity contribution is 6.32. The number of ether oxygens (including phenoxy) is 1. The molecule has 3 aliphatic heterocycles. The standard InChI is InChI=1S/C28H31ClFN3O3/c1-6-28(5)16-9-20-24-14(11-33(20)25(34)15(16)12-36-26(28)35)22-18(32-27(2,3)4)8-7-13-21(22)19(31-24)10-17(30)23(13)29/h9-10,18-19,31-32H,6-8,11-12H2,1-5H3/t18?,19?,28-/m1/s1. The molecule has 0 radical (unpaired) electrons. The molecule has 2 N–H and O–H groups in total. The van der Waals surface area contributed by atoms with Gasteiger partial charge in [-0.05, 0) is 81.4 Å². The van der Waals surface area contributed by atoms with Crippen molar-refractivity contribution in [1.82, 2.24) is 15.2 Å². The first-order valence-corrected chi connectivity index (χ1v) is 13.1. The molecule has 4 heterocycles. The second-order valence-electron chi connectivity index (χ2n) is 11.7. The summed E-state index contributed by atoms with van der Waals surface area (Å²) >= 11 is 6.47. The largest absolute Gasteiger partial charge is 0.460 e. The lowest BCUT2D eigenvalue weighted by Crippen LogP contribution is -2.49. The second-order valence-corrected chi connectivity index (χ2v) is 12.0. The van der Waals surface area contributed by atoms with Gasteiger partial charge in [-0.1, -0.05) is 18.5 Å². The molecule has 2 aliphatic carbocycles. The fourth-order valence-corrected chi connectivity index (χ4v) is 6.72. The van der Waals surface area contributed by atoms with Gasteiger partial charge in [0.25, 0.3) is 5.56 Å². The van der Waals surface area contributed by atoms with Crippen molar-refractivity contribution in [2.75, 3.05) is 0 Å². The third-order valence-corrected chi connectivity index (χ3v) is 8.76. The molecule has 2 unspecified atom stereocenters. The number of carbonyl (C=O) groups excluding carboxylic acids is 1. The van der Waals surface area contributed by atoms with Crippen molar-refractivity contribution in [3.63, 3.8) is 0 Å². The Morgan fingerprint density at radius 3 is 2.72 bits per heavy atom. The molecule has 5 aliphatic rings. The minimum atomic E-state index is -0.883. The predicted octanol–water partition coefficient (Wildman–Crippen LogP) is 4.48. The van der Waals surface area contributed by atoms with Crippen LogP contribution < -0.4 is 16.2 Å². The number of esters is 1. The molecule has 6 rings (SSSR count). The Morgan fingerprint density at radius 1 is 1.28 bits per heavy atom. The lowest BCUT2D eigenvalue weighted by Gasteiger charge is -2.42. The predicted molar refractivity (Wildman–Crippen MR) is 137 cm³/mol. The third-order valence-electron chi connectivity index (χ3n) is 8.35. The second kappa shape index (κ2) is 7.68. The van der Waals surface area contributed by atoms with Gasteiger partial charge in [0, 0.05) is 17.2 Å². The topological polar surface area (TPSA) is 72.4 Å². The number of pyridine rings is 1. The van der Waals surface area contributed by atoms with E-state index in [-0.39, 0.29) is 40.8 Å². The average Bonchev–Trinajstić information content (AvgIpc) is 3.18. The lowest BCUT2D eigenvalue weighted by molar-refractivity contribution is -0.153. The molecule has 0 fully saturated rings. The normalized spacial score (nSPS) is 28.8. The van der Waals surface area contributed by atoms with Gasteiger partial charge in [-0.25, -0.2) is 4.39 Å². The third kappa shape index (κ3) is 3.18. The van der Waals surface area contributed by atoms with Crippen LogP contribution in [0.5, 0.6) is 0 Å². The molecule has 0 spiro atoms. The van der Waals surface area contributed by atoms with Gasteiger partial charge in [-0.3, -0.25) is 9.59 Å². The average molecular weight is 512 g/mol. The zero-order valence-electron chi connectivity index (χ0n) is 21.3. The van der Waals surface area contributed by atoms with Gasteiger partial charge in [0.2, 0.25) is 0 Å². The molecule has 6 nitrogen and oxygen atoms in total. The summed E-state index contributed by atoms with van der Waals surface area (Å²) in [4.78, 5) is 26.5. The maximum absolute atomic E-state index is 14.9. The number of nitrogens with zero attached hydrogens (tertiary/aromatic N) is 1. The highest BCUT2D eigenvalue weighted by Crippen LogP contribution is 2.49. The van der Waals surface area contributed by atoms with Crippen LogP contribution in [0.25, 0.3) is 5.70 Å². The van der Waals surface area contributed by atoms with Crippen LogP contribution in [0.4, 0.5) is 4.39 Å². The number of fused-ring (bicyclic) bond motifs is 4. The van der Waals surface area contributed by atoms with E-state index in [1.54, 1.807) is 4.57 Å². The van der Waals surface area contributed by atoms with E-state index in [0.29, 0.717) is 24.9 Å². The van der Waals surface area contributed by atoms with Crippen LogP contribution in [-0.2, 0) is 28.1 Å². The van der Waals surface area contributed by atoms with E-state index < -0.39 is 11.2 Å².